The van der Waals surface area contributed by atoms with Crippen LogP contribution in [0.1, 0.15) is 23.0 Å². The van der Waals surface area contributed by atoms with Crippen molar-refractivity contribution in [1.29, 1.82) is 0 Å². The number of nitrogens with one attached hydrogen (secondary N) is 1. The van der Waals surface area contributed by atoms with Crippen molar-refractivity contribution in [3.63, 3.8) is 0 Å². The number of hydrogen-bond donors (Lipinski definition) is 3. The second-order valence-corrected chi connectivity index (χ2v) is 7.01. The number of likely N-dealkylation sites (tertiary alicyclic amines) is 1. The molecule has 0 aliphatic carbocycles. The second kappa shape index (κ2) is 6.70. The first-order valence-corrected chi connectivity index (χ1v) is 8.68. The summed E-state index contributed by atoms with van der Waals surface area (Å²) in [7, 11) is 2.54. The van der Waals surface area contributed by atoms with Crippen LogP contribution in [0.4, 0.5) is 0 Å². The van der Waals surface area contributed by atoms with Crippen molar-refractivity contribution in [3.8, 4) is 0 Å². The quantitative estimate of drug-likeness (QED) is 0.405. The summed E-state index contributed by atoms with van der Waals surface area (Å²) >= 11 is 0. The number of esters is 1. The Morgan fingerprint density at radius 1 is 1.30 bits per heavy atom. The molecule has 4 atom stereocenters. The molecule has 10 heteroatoms. The summed E-state index contributed by atoms with van der Waals surface area (Å²) in [5.74, 6) is -3.68. The van der Waals surface area contributed by atoms with Gasteiger partial charge in [0.05, 0.1) is 44.4 Å². The normalized spacial score (nSPS) is 30.1. The third-order valence-corrected chi connectivity index (χ3v) is 5.73. The van der Waals surface area contributed by atoms with E-state index in [1.165, 1.54) is 14.2 Å². The summed E-state index contributed by atoms with van der Waals surface area (Å²) in [4.78, 5) is 39.1. The minimum atomic E-state index is -1.71. The van der Waals surface area contributed by atoms with Gasteiger partial charge >= 0.3 is 5.97 Å². The first kappa shape index (κ1) is 19.5. The Morgan fingerprint density at radius 2 is 1.96 bits per heavy atom. The molecule has 3 rings (SSSR count). The summed E-state index contributed by atoms with van der Waals surface area (Å²) in [5, 5.41) is 26.7. The Hall–Kier alpha value is -2.30. The zero-order valence-electron chi connectivity index (χ0n) is 15.7. The molecule has 2 amide bonds. The fraction of sp³-hybridized carbons (Fsp3) is 0.647. The largest absolute Gasteiger partial charge is 0.468 e. The van der Waals surface area contributed by atoms with Crippen LogP contribution >= 0.6 is 0 Å². The third kappa shape index (κ3) is 2.51. The number of hydrogen-bond acceptors (Lipinski definition) is 8. The van der Waals surface area contributed by atoms with Gasteiger partial charge in [-0.15, -0.1) is 0 Å². The fourth-order valence-electron chi connectivity index (χ4n) is 4.45. The van der Waals surface area contributed by atoms with Gasteiger partial charge in [-0.25, -0.2) is 4.79 Å². The lowest BCUT2D eigenvalue weighted by Gasteiger charge is -2.30. The van der Waals surface area contributed by atoms with Gasteiger partial charge in [0.2, 0.25) is 11.8 Å². The van der Waals surface area contributed by atoms with E-state index in [0.29, 0.717) is 17.0 Å². The molecule has 0 radical (unpaired) electrons. The molecule has 0 aromatic carbocycles. The van der Waals surface area contributed by atoms with Gasteiger partial charge in [-0.05, 0) is 13.8 Å². The number of imide groups is 1. The molecular weight excluding hydrogens is 356 g/mol. The number of ether oxygens (including phenoxy) is 1. The molecule has 2 fully saturated rings. The summed E-state index contributed by atoms with van der Waals surface area (Å²) in [6, 6.07) is -0.699. The van der Waals surface area contributed by atoms with E-state index < -0.39 is 47.8 Å². The number of nitrogens with zero attached hydrogens (tertiary/aromatic N) is 3. The van der Waals surface area contributed by atoms with E-state index in [0.717, 1.165) is 4.90 Å². The number of aryl methyl sites for hydroxylation is 1. The molecule has 3 N–H and O–H groups in total. The molecule has 0 unspecified atom stereocenters. The van der Waals surface area contributed by atoms with Crippen LogP contribution in [-0.4, -0.2) is 75.6 Å². The highest BCUT2D eigenvalue weighted by Crippen LogP contribution is 2.49. The van der Waals surface area contributed by atoms with Gasteiger partial charge in [-0.3, -0.25) is 24.5 Å². The average Bonchev–Trinajstić information content (AvgIpc) is 3.21. The molecule has 1 aromatic heterocycles. The van der Waals surface area contributed by atoms with Gasteiger partial charge in [-0.2, -0.15) is 5.10 Å². The number of amides is 2. The van der Waals surface area contributed by atoms with Crippen LogP contribution in [0.25, 0.3) is 0 Å². The summed E-state index contributed by atoms with van der Waals surface area (Å²) in [5.41, 5.74) is 0.297. The average molecular weight is 380 g/mol. The van der Waals surface area contributed by atoms with Crippen LogP contribution < -0.4 is 5.32 Å². The molecule has 0 bridgehead atoms. The van der Waals surface area contributed by atoms with Crippen LogP contribution in [-0.2, 0) is 25.7 Å². The van der Waals surface area contributed by atoms with Crippen molar-refractivity contribution < 1.29 is 29.3 Å². The Balaban J connectivity index is 2.17. The number of rotatable bonds is 5. The predicted molar refractivity (Wildman–Crippen MR) is 91.3 cm³/mol. The van der Waals surface area contributed by atoms with Crippen LogP contribution in [0.5, 0.6) is 0 Å². The highest BCUT2D eigenvalue weighted by atomic mass is 16.5. The fourth-order valence-corrected chi connectivity index (χ4v) is 4.45. The van der Waals surface area contributed by atoms with Gasteiger partial charge in [0.15, 0.2) is 5.54 Å². The summed E-state index contributed by atoms with van der Waals surface area (Å²) < 4.78 is 6.46. The number of aromatic nitrogens is 2. The van der Waals surface area contributed by atoms with Crippen LogP contribution in [0.3, 0.4) is 0 Å². The van der Waals surface area contributed by atoms with Gasteiger partial charge in [-0.1, -0.05) is 0 Å². The molecule has 0 saturated carbocycles. The topological polar surface area (TPSA) is 134 Å². The number of carbonyl (C=O) groups is 3. The predicted octanol–water partition coefficient (Wildman–Crippen LogP) is -1.73. The third-order valence-electron chi connectivity index (χ3n) is 5.73. The van der Waals surface area contributed by atoms with Crippen molar-refractivity contribution in [2.75, 3.05) is 27.4 Å². The second-order valence-electron chi connectivity index (χ2n) is 7.01. The SMILES string of the molecule is COC(=O)[C@@]1(CO)N[C@@H](c2c(C)nn(CCO)c2C)[C@H]2C(=O)N(C)C(=O)[C@H]21. The smallest absolute Gasteiger partial charge is 0.329 e. The van der Waals surface area contributed by atoms with E-state index in [-0.39, 0.29) is 13.2 Å². The first-order valence-electron chi connectivity index (χ1n) is 8.68. The lowest BCUT2D eigenvalue weighted by atomic mass is 9.79. The monoisotopic (exact) mass is 380 g/mol. The Kier molecular flexibility index (Phi) is 4.83. The molecule has 3 heterocycles. The lowest BCUT2D eigenvalue weighted by molar-refractivity contribution is -0.156. The number of aliphatic hydroxyl groups is 2. The van der Waals surface area contributed by atoms with E-state index in [1.807, 2.05) is 0 Å². The standard InChI is InChI=1S/C17H24N4O6/c1-8-10(9(2)21(19-8)5-6-22)13-11-12(15(25)20(3)14(11)24)17(7-23,18-13)16(26)27-4/h11-13,18,22-23H,5-7H2,1-4H3/t11-,12-,13-,17-/m0/s1. The summed E-state index contributed by atoms with van der Waals surface area (Å²) in [6.45, 7) is 3.04. The van der Waals surface area contributed by atoms with E-state index in [2.05, 4.69) is 10.4 Å². The zero-order valence-corrected chi connectivity index (χ0v) is 15.7. The maximum absolute atomic E-state index is 12.8. The van der Waals surface area contributed by atoms with Crippen molar-refractivity contribution in [1.82, 2.24) is 20.0 Å². The lowest BCUT2D eigenvalue weighted by Crippen LogP contribution is -2.58. The van der Waals surface area contributed by atoms with Crippen molar-refractivity contribution in [2.24, 2.45) is 11.8 Å². The molecule has 148 valence electrons. The molecule has 1 aromatic rings. The maximum Gasteiger partial charge on any atom is 0.329 e. The van der Waals surface area contributed by atoms with Gasteiger partial charge in [0.25, 0.3) is 0 Å². The van der Waals surface area contributed by atoms with Crippen molar-refractivity contribution >= 4 is 17.8 Å². The molecule has 10 nitrogen and oxygen atoms in total. The van der Waals surface area contributed by atoms with Gasteiger partial charge in [0.1, 0.15) is 0 Å². The molecular formula is C17H24N4O6. The highest BCUT2D eigenvalue weighted by molar-refractivity contribution is 6.09. The highest BCUT2D eigenvalue weighted by Gasteiger charge is 2.68. The maximum atomic E-state index is 12.8. The molecule has 2 saturated heterocycles. The molecule has 2 aliphatic heterocycles. The zero-order chi connectivity index (χ0) is 20.1. The Labute approximate surface area is 156 Å². The van der Waals surface area contributed by atoms with E-state index in [1.54, 1.807) is 18.5 Å². The van der Waals surface area contributed by atoms with Gasteiger partial charge in [0, 0.05) is 24.3 Å². The Bertz CT molecular complexity index is 806. The number of fused-ring (bicyclic) bond motifs is 1. The Morgan fingerprint density at radius 3 is 2.52 bits per heavy atom. The number of aliphatic hydroxyl groups excluding tert-OH is 2. The van der Waals surface area contributed by atoms with Crippen LogP contribution in [0.2, 0.25) is 0 Å². The molecule has 0 spiro atoms. The van der Waals surface area contributed by atoms with E-state index in [4.69, 9.17) is 4.74 Å². The first-order chi connectivity index (χ1) is 12.7. The number of carbonyl (C=O) groups excluding carboxylic acids is 3. The molecule has 2 aliphatic rings. The van der Waals surface area contributed by atoms with E-state index in [9.17, 15) is 24.6 Å². The summed E-state index contributed by atoms with van der Waals surface area (Å²) in [6.07, 6.45) is 0. The number of methoxy groups -OCH3 is 1. The van der Waals surface area contributed by atoms with Gasteiger partial charge < -0.3 is 14.9 Å². The van der Waals surface area contributed by atoms with Crippen LogP contribution in [0, 0.1) is 25.7 Å². The minimum absolute atomic E-state index is 0.103. The minimum Gasteiger partial charge on any atom is -0.468 e. The van der Waals surface area contributed by atoms with E-state index >= 15 is 0 Å². The van der Waals surface area contributed by atoms with Crippen LogP contribution in [0.15, 0.2) is 0 Å². The van der Waals surface area contributed by atoms with Crippen molar-refractivity contribution in [2.45, 2.75) is 32.0 Å². The van der Waals surface area contributed by atoms with Crippen molar-refractivity contribution in [3.05, 3.63) is 17.0 Å². The molecule has 27 heavy (non-hydrogen) atoms.